The summed E-state index contributed by atoms with van der Waals surface area (Å²) < 4.78 is 0. The molecule has 1 unspecified atom stereocenters. The largest absolute Gasteiger partial charge is 0.342 e. The van der Waals surface area contributed by atoms with Crippen LogP contribution in [0.1, 0.15) is 59.5 Å². The number of amides is 1. The van der Waals surface area contributed by atoms with Crippen LogP contribution in [0.15, 0.2) is 85.2 Å². The summed E-state index contributed by atoms with van der Waals surface area (Å²) in [5.74, 6) is 0.176. The van der Waals surface area contributed by atoms with Crippen molar-refractivity contribution in [3.63, 3.8) is 0 Å². The third-order valence-corrected chi connectivity index (χ3v) is 6.44. The number of aldehydes is 1. The van der Waals surface area contributed by atoms with Crippen LogP contribution in [0.3, 0.4) is 0 Å². The summed E-state index contributed by atoms with van der Waals surface area (Å²) in [6, 6.07) is 21.8. The molecule has 0 saturated heterocycles. The molecule has 0 fully saturated rings. The minimum atomic E-state index is -0.680. The Morgan fingerprint density at radius 3 is 1.87 bits per heavy atom. The van der Waals surface area contributed by atoms with E-state index in [2.05, 4.69) is 60.3 Å². The fourth-order valence-corrected chi connectivity index (χ4v) is 4.07. The normalized spacial score (nSPS) is 12.0. The number of rotatable bonds is 8. The number of nitrogens with zero attached hydrogens (tertiary/aromatic N) is 2. The van der Waals surface area contributed by atoms with E-state index in [-0.39, 0.29) is 17.1 Å². The van der Waals surface area contributed by atoms with Crippen LogP contribution in [0.25, 0.3) is 22.5 Å². The number of aromatic nitrogens is 2. The summed E-state index contributed by atoms with van der Waals surface area (Å²) in [4.78, 5) is 44.7. The Hall–Kier alpha value is -4.45. The quantitative estimate of drug-likeness (QED) is 0.240. The lowest BCUT2D eigenvalue weighted by molar-refractivity contribution is -0.109. The van der Waals surface area contributed by atoms with Crippen molar-refractivity contribution in [2.75, 3.05) is 0 Å². The molecule has 1 heterocycles. The summed E-state index contributed by atoms with van der Waals surface area (Å²) in [6.45, 7) is 8.05. The zero-order valence-corrected chi connectivity index (χ0v) is 22.1. The molecule has 1 aromatic heterocycles. The van der Waals surface area contributed by atoms with Gasteiger partial charge in [-0.3, -0.25) is 9.59 Å². The van der Waals surface area contributed by atoms with Crippen molar-refractivity contribution >= 4 is 18.0 Å². The van der Waals surface area contributed by atoms with Gasteiger partial charge in [-0.2, -0.15) is 0 Å². The average molecular weight is 506 g/mol. The van der Waals surface area contributed by atoms with Crippen LogP contribution >= 0.6 is 0 Å². The van der Waals surface area contributed by atoms with Crippen LogP contribution in [-0.2, 0) is 16.6 Å². The second-order valence-corrected chi connectivity index (χ2v) is 10.4. The predicted octanol–water partition coefficient (Wildman–Crippen LogP) is 5.85. The fourth-order valence-electron chi connectivity index (χ4n) is 4.07. The van der Waals surface area contributed by atoms with Gasteiger partial charge in [-0.05, 0) is 47.6 Å². The second-order valence-electron chi connectivity index (χ2n) is 10.4. The maximum Gasteiger partial charge on any atom is 0.251 e. The van der Waals surface area contributed by atoms with Gasteiger partial charge in [-0.25, -0.2) is 9.97 Å². The van der Waals surface area contributed by atoms with Crippen LogP contribution in [0.4, 0.5) is 0 Å². The van der Waals surface area contributed by atoms with E-state index in [0.29, 0.717) is 23.4 Å². The van der Waals surface area contributed by atoms with Gasteiger partial charge in [0.15, 0.2) is 11.6 Å². The van der Waals surface area contributed by atoms with Gasteiger partial charge < -0.3 is 10.1 Å². The van der Waals surface area contributed by atoms with Gasteiger partial charge >= 0.3 is 0 Å². The van der Waals surface area contributed by atoms with E-state index in [1.54, 1.807) is 24.3 Å². The molecule has 1 atom stereocenters. The molecule has 0 aliphatic heterocycles. The standard InChI is InChI=1S/C32H31N3O3/c1-21(37)23-9-11-26(12-10-23)31(38)35-29(20-36)17-22-5-7-25(8-6-22)30-33-18-27(19-34-30)24-13-15-28(16-14-24)32(2,3)4/h5-16,18-20,29H,17H2,1-4H3,(H,35,38). The Balaban J connectivity index is 1.39. The SMILES string of the molecule is CC(=O)c1ccc(C(=O)NC(C=O)Cc2ccc(-c3ncc(-c4ccc(C(C)(C)C)cc4)cn3)cc2)cc1. The predicted molar refractivity (Wildman–Crippen MR) is 149 cm³/mol. The van der Waals surface area contributed by atoms with Gasteiger partial charge in [-0.1, -0.05) is 81.4 Å². The number of ketones is 1. The summed E-state index contributed by atoms with van der Waals surface area (Å²) in [6.07, 6.45) is 4.73. The molecule has 6 nitrogen and oxygen atoms in total. The lowest BCUT2D eigenvalue weighted by Gasteiger charge is -2.19. The van der Waals surface area contributed by atoms with E-state index in [4.69, 9.17) is 0 Å². The number of Topliss-reactive ketones (excluding diaryl/α,β-unsaturated/α-hetero) is 1. The van der Waals surface area contributed by atoms with Crippen molar-refractivity contribution < 1.29 is 14.4 Å². The maximum absolute atomic E-state index is 12.5. The highest BCUT2D eigenvalue weighted by atomic mass is 16.2. The van der Waals surface area contributed by atoms with E-state index in [9.17, 15) is 14.4 Å². The first-order valence-electron chi connectivity index (χ1n) is 12.5. The monoisotopic (exact) mass is 505 g/mol. The highest BCUT2D eigenvalue weighted by molar-refractivity contribution is 5.98. The first-order chi connectivity index (χ1) is 18.1. The second kappa shape index (κ2) is 11.3. The highest BCUT2D eigenvalue weighted by Gasteiger charge is 2.15. The van der Waals surface area contributed by atoms with Crippen molar-refractivity contribution in [3.8, 4) is 22.5 Å². The third-order valence-electron chi connectivity index (χ3n) is 6.44. The molecule has 1 amide bonds. The Morgan fingerprint density at radius 1 is 0.789 bits per heavy atom. The van der Waals surface area contributed by atoms with Crippen molar-refractivity contribution in [2.24, 2.45) is 0 Å². The number of nitrogens with one attached hydrogen (secondary N) is 1. The van der Waals surface area contributed by atoms with Gasteiger partial charge in [-0.15, -0.1) is 0 Å². The van der Waals surface area contributed by atoms with Gasteiger partial charge in [0.25, 0.3) is 5.91 Å². The van der Waals surface area contributed by atoms with E-state index in [1.807, 2.05) is 36.7 Å². The molecule has 192 valence electrons. The molecule has 0 aliphatic rings. The van der Waals surface area contributed by atoms with E-state index >= 15 is 0 Å². The van der Waals surface area contributed by atoms with Crippen molar-refractivity contribution in [1.29, 1.82) is 0 Å². The smallest absolute Gasteiger partial charge is 0.251 e. The minimum absolute atomic E-state index is 0.0709. The molecule has 0 saturated carbocycles. The van der Waals surface area contributed by atoms with Crippen molar-refractivity contribution in [2.45, 2.75) is 45.6 Å². The molecule has 38 heavy (non-hydrogen) atoms. The molecule has 4 rings (SSSR count). The first kappa shape index (κ1) is 26.6. The minimum Gasteiger partial charge on any atom is -0.342 e. The van der Waals surface area contributed by atoms with Crippen LogP contribution in [0, 0.1) is 0 Å². The highest BCUT2D eigenvalue weighted by Crippen LogP contribution is 2.26. The lowest BCUT2D eigenvalue weighted by Crippen LogP contribution is -2.37. The van der Waals surface area contributed by atoms with Crippen LogP contribution < -0.4 is 5.32 Å². The molecule has 3 aromatic carbocycles. The summed E-state index contributed by atoms with van der Waals surface area (Å²) >= 11 is 0. The summed E-state index contributed by atoms with van der Waals surface area (Å²) in [5, 5.41) is 2.74. The van der Waals surface area contributed by atoms with Crippen molar-refractivity contribution in [1.82, 2.24) is 15.3 Å². The fraction of sp³-hybridized carbons (Fsp3) is 0.219. The number of benzene rings is 3. The molecule has 1 N–H and O–H groups in total. The van der Waals surface area contributed by atoms with Gasteiger partial charge in [0.2, 0.25) is 0 Å². The van der Waals surface area contributed by atoms with Gasteiger partial charge in [0.05, 0.1) is 6.04 Å². The molecular formula is C32H31N3O3. The first-order valence-corrected chi connectivity index (χ1v) is 12.5. The van der Waals surface area contributed by atoms with E-state index in [1.165, 1.54) is 12.5 Å². The number of carbonyl (C=O) groups excluding carboxylic acids is 3. The number of hydrogen-bond acceptors (Lipinski definition) is 5. The molecule has 0 aliphatic carbocycles. The van der Waals surface area contributed by atoms with E-state index < -0.39 is 6.04 Å². The van der Waals surface area contributed by atoms with Crippen LogP contribution in [-0.4, -0.2) is 34.0 Å². The zero-order valence-electron chi connectivity index (χ0n) is 22.1. The van der Waals surface area contributed by atoms with Gasteiger partial charge in [0, 0.05) is 34.6 Å². The van der Waals surface area contributed by atoms with Gasteiger partial charge in [0.1, 0.15) is 6.29 Å². The zero-order chi connectivity index (χ0) is 27.3. The van der Waals surface area contributed by atoms with E-state index in [0.717, 1.165) is 28.5 Å². The molecule has 0 spiro atoms. The molecule has 0 bridgehead atoms. The number of hydrogen-bond donors (Lipinski definition) is 1. The third kappa shape index (κ3) is 6.45. The number of carbonyl (C=O) groups is 3. The van der Waals surface area contributed by atoms with Crippen LogP contribution in [0.5, 0.6) is 0 Å². The van der Waals surface area contributed by atoms with Crippen LogP contribution in [0.2, 0.25) is 0 Å². The van der Waals surface area contributed by atoms with Crippen molar-refractivity contribution in [3.05, 3.63) is 107 Å². The Bertz CT molecular complexity index is 1420. The average Bonchev–Trinajstić information content (AvgIpc) is 2.93. The topological polar surface area (TPSA) is 89.0 Å². The molecule has 0 radical (unpaired) electrons. The maximum atomic E-state index is 12.5. The molecule has 6 heteroatoms. The Labute approximate surface area is 223 Å². The Kier molecular flexibility index (Phi) is 7.91. The molecule has 4 aromatic rings. The summed E-state index contributed by atoms with van der Waals surface area (Å²) in [7, 11) is 0. The Morgan fingerprint density at radius 2 is 1.34 bits per heavy atom. The lowest BCUT2D eigenvalue weighted by atomic mass is 9.86. The summed E-state index contributed by atoms with van der Waals surface area (Å²) in [5.41, 5.74) is 6.08. The molecular weight excluding hydrogens is 474 g/mol.